The van der Waals surface area contributed by atoms with Crippen LogP contribution in [0.2, 0.25) is 0 Å². The second kappa shape index (κ2) is 11.2. The number of carbonyl (C=O) groups is 2. The number of hydrogen-bond acceptors (Lipinski definition) is 3. The zero-order chi connectivity index (χ0) is 22.3. The van der Waals surface area contributed by atoms with Gasteiger partial charge in [0.2, 0.25) is 0 Å². The van der Waals surface area contributed by atoms with Gasteiger partial charge in [-0.2, -0.15) is 0 Å². The summed E-state index contributed by atoms with van der Waals surface area (Å²) in [4.78, 5) is 28.5. The Morgan fingerprint density at radius 3 is 2.50 bits per heavy atom. The number of aryl methyl sites for hydroxylation is 1. The van der Waals surface area contributed by atoms with Gasteiger partial charge in [-0.1, -0.05) is 26.0 Å². The number of amides is 4. The molecular formula is C22H35FN4O3. The molecule has 1 aliphatic carbocycles. The van der Waals surface area contributed by atoms with Crippen molar-refractivity contribution in [2.75, 3.05) is 26.7 Å². The van der Waals surface area contributed by atoms with Crippen LogP contribution in [-0.4, -0.2) is 65.8 Å². The minimum atomic E-state index is -0.331. The molecule has 1 saturated carbocycles. The summed E-state index contributed by atoms with van der Waals surface area (Å²) in [7, 11) is 1.57. The summed E-state index contributed by atoms with van der Waals surface area (Å²) in [6, 6.07) is 4.47. The molecular weight excluding hydrogens is 387 g/mol. The van der Waals surface area contributed by atoms with E-state index < -0.39 is 0 Å². The van der Waals surface area contributed by atoms with Crippen molar-refractivity contribution in [2.45, 2.75) is 58.7 Å². The molecule has 3 N–H and O–H groups in total. The van der Waals surface area contributed by atoms with E-state index in [2.05, 4.69) is 10.6 Å². The average molecular weight is 423 g/mol. The van der Waals surface area contributed by atoms with Crippen LogP contribution in [0.15, 0.2) is 18.2 Å². The molecule has 2 fully saturated rings. The van der Waals surface area contributed by atoms with Gasteiger partial charge < -0.3 is 25.5 Å². The van der Waals surface area contributed by atoms with Gasteiger partial charge in [-0.25, -0.2) is 14.0 Å². The maximum absolute atomic E-state index is 14.1. The Kier molecular flexibility index (Phi) is 8.89. The van der Waals surface area contributed by atoms with E-state index in [0.29, 0.717) is 25.1 Å². The summed E-state index contributed by atoms with van der Waals surface area (Å²) in [5.41, 5.74) is 1.28. The van der Waals surface area contributed by atoms with Crippen molar-refractivity contribution in [2.24, 2.45) is 5.92 Å². The summed E-state index contributed by atoms with van der Waals surface area (Å²) in [6.45, 7) is 6.81. The monoisotopic (exact) mass is 422 g/mol. The van der Waals surface area contributed by atoms with Crippen LogP contribution in [0.3, 0.4) is 0 Å². The molecule has 1 heterocycles. The van der Waals surface area contributed by atoms with Crippen LogP contribution in [-0.2, 0) is 6.54 Å². The molecule has 0 spiro atoms. The lowest BCUT2D eigenvalue weighted by Crippen LogP contribution is -2.58. The average Bonchev–Trinajstić information content (AvgIpc) is 3.58. The van der Waals surface area contributed by atoms with Gasteiger partial charge in [0.25, 0.3) is 0 Å². The molecule has 7 nitrogen and oxygen atoms in total. The molecule has 1 aliphatic heterocycles. The zero-order valence-electron chi connectivity index (χ0n) is 18.4. The molecule has 2 unspecified atom stereocenters. The van der Waals surface area contributed by atoms with Crippen LogP contribution in [0.4, 0.5) is 14.0 Å². The van der Waals surface area contributed by atoms with Crippen molar-refractivity contribution in [1.29, 1.82) is 0 Å². The van der Waals surface area contributed by atoms with Gasteiger partial charge in [0, 0.05) is 50.8 Å². The lowest BCUT2D eigenvalue weighted by atomic mass is 9.94. The number of nitrogens with zero attached hydrogens (tertiary/aromatic N) is 2. The Labute approximate surface area is 178 Å². The molecule has 0 aromatic heterocycles. The highest BCUT2D eigenvalue weighted by Gasteiger charge is 2.41. The van der Waals surface area contributed by atoms with E-state index >= 15 is 0 Å². The number of benzene rings is 1. The van der Waals surface area contributed by atoms with Crippen molar-refractivity contribution in [3.8, 4) is 0 Å². The Balaban J connectivity index is 0.00000155. The molecule has 0 radical (unpaired) electrons. The van der Waals surface area contributed by atoms with Gasteiger partial charge in [0.15, 0.2) is 0 Å². The van der Waals surface area contributed by atoms with E-state index in [-0.39, 0.29) is 49.0 Å². The Bertz CT molecular complexity index is 726. The number of nitrogens with one attached hydrogen (secondary N) is 2. The van der Waals surface area contributed by atoms with Crippen LogP contribution in [0.5, 0.6) is 0 Å². The number of halogens is 1. The Hall–Kier alpha value is -2.35. The van der Waals surface area contributed by atoms with Crippen LogP contribution >= 0.6 is 0 Å². The first-order chi connectivity index (χ1) is 14.4. The van der Waals surface area contributed by atoms with E-state index in [9.17, 15) is 19.1 Å². The lowest BCUT2D eigenvalue weighted by Gasteiger charge is -2.42. The molecule has 168 valence electrons. The predicted molar refractivity (Wildman–Crippen MR) is 115 cm³/mol. The number of hydrogen-bond donors (Lipinski definition) is 3. The topological polar surface area (TPSA) is 84.9 Å². The Morgan fingerprint density at radius 1 is 1.23 bits per heavy atom. The SMILES string of the molecule is CC.CNC(=O)N1CC(CO)CC(N(C(=O)NCc2ccc(C)cc2F)C2CC2)C1. The molecule has 1 aromatic carbocycles. The summed E-state index contributed by atoms with van der Waals surface area (Å²) in [5.74, 6) is -0.401. The van der Waals surface area contributed by atoms with Gasteiger partial charge >= 0.3 is 12.1 Å². The first-order valence-electron chi connectivity index (χ1n) is 10.8. The fourth-order valence-corrected chi connectivity index (χ4v) is 3.87. The summed E-state index contributed by atoms with van der Waals surface area (Å²) in [5, 5.41) is 15.1. The first-order valence-corrected chi connectivity index (χ1v) is 10.8. The summed E-state index contributed by atoms with van der Waals surface area (Å²) < 4.78 is 14.1. The minimum absolute atomic E-state index is 0.0291. The maximum Gasteiger partial charge on any atom is 0.318 e. The maximum atomic E-state index is 14.1. The van der Waals surface area contributed by atoms with Crippen molar-refractivity contribution in [1.82, 2.24) is 20.4 Å². The number of aliphatic hydroxyl groups excluding tert-OH is 1. The standard InChI is InChI=1S/C20H29FN4O3.C2H6/c1-13-3-4-15(18(21)7-13)9-23-20(28)25(16-5-6-16)17-8-14(12-26)10-24(11-17)19(27)22-2;1-2/h3-4,7,14,16-17,26H,5-6,8-12H2,1-2H3,(H,22,27)(H,23,28);1-2H3. The highest BCUT2D eigenvalue weighted by Crippen LogP contribution is 2.32. The zero-order valence-corrected chi connectivity index (χ0v) is 18.4. The third kappa shape index (κ3) is 6.08. The summed E-state index contributed by atoms with van der Waals surface area (Å²) >= 11 is 0. The van der Waals surface area contributed by atoms with Crippen molar-refractivity contribution in [3.63, 3.8) is 0 Å². The predicted octanol–water partition coefficient (Wildman–Crippen LogP) is 2.86. The molecule has 8 heteroatoms. The van der Waals surface area contributed by atoms with Gasteiger partial charge in [0.1, 0.15) is 5.82 Å². The van der Waals surface area contributed by atoms with Gasteiger partial charge in [-0.3, -0.25) is 0 Å². The molecule has 30 heavy (non-hydrogen) atoms. The Morgan fingerprint density at radius 2 is 1.93 bits per heavy atom. The highest BCUT2D eigenvalue weighted by atomic mass is 19.1. The number of carbonyl (C=O) groups excluding carboxylic acids is 2. The van der Waals surface area contributed by atoms with Crippen molar-refractivity contribution in [3.05, 3.63) is 35.1 Å². The normalized spacial score (nSPS) is 20.7. The van der Waals surface area contributed by atoms with E-state index in [1.54, 1.807) is 22.9 Å². The number of piperidine rings is 1. The first kappa shape index (κ1) is 23.9. The molecule has 0 bridgehead atoms. The van der Waals surface area contributed by atoms with Crippen molar-refractivity contribution < 1.29 is 19.1 Å². The van der Waals surface area contributed by atoms with Gasteiger partial charge in [0.05, 0.1) is 6.04 Å². The molecule has 2 aliphatic rings. The summed E-state index contributed by atoms with van der Waals surface area (Å²) in [6.07, 6.45) is 2.49. The van der Waals surface area contributed by atoms with Crippen LogP contribution < -0.4 is 10.6 Å². The third-order valence-corrected chi connectivity index (χ3v) is 5.48. The van der Waals surface area contributed by atoms with Gasteiger partial charge in [-0.05, 0) is 37.8 Å². The van der Waals surface area contributed by atoms with E-state index in [1.165, 1.54) is 6.07 Å². The van der Waals surface area contributed by atoms with Crippen molar-refractivity contribution >= 4 is 12.1 Å². The molecule has 4 amide bonds. The van der Waals surface area contributed by atoms with E-state index in [1.807, 2.05) is 26.8 Å². The fourth-order valence-electron chi connectivity index (χ4n) is 3.87. The molecule has 1 aromatic rings. The number of aliphatic hydroxyl groups is 1. The third-order valence-electron chi connectivity index (χ3n) is 5.48. The van der Waals surface area contributed by atoms with E-state index in [4.69, 9.17) is 0 Å². The minimum Gasteiger partial charge on any atom is -0.396 e. The van der Waals surface area contributed by atoms with E-state index in [0.717, 1.165) is 18.4 Å². The number of rotatable bonds is 5. The van der Waals surface area contributed by atoms with Gasteiger partial charge in [-0.15, -0.1) is 0 Å². The second-order valence-electron chi connectivity index (χ2n) is 7.79. The number of urea groups is 2. The lowest BCUT2D eigenvalue weighted by molar-refractivity contribution is 0.0690. The fraction of sp³-hybridized carbons (Fsp3) is 0.636. The number of likely N-dealkylation sites (tertiary alicyclic amines) is 1. The van der Waals surface area contributed by atoms with Crippen LogP contribution in [0, 0.1) is 18.7 Å². The molecule has 2 atom stereocenters. The van der Waals surface area contributed by atoms with Crippen LogP contribution in [0.25, 0.3) is 0 Å². The highest BCUT2D eigenvalue weighted by molar-refractivity contribution is 5.76. The molecule has 3 rings (SSSR count). The largest absolute Gasteiger partial charge is 0.396 e. The second-order valence-corrected chi connectivity index (χ2v) is 7.79. The quantitative estimate of drug-likeness (QED) is 0.682. The smallest absolute Gasteiger partial charge is 0.318 e. The van der Waals surface area contributed by atoms with Crippen LogP contribution in [0.1, 0.15) is 44.2 Å². The molecule has 1 saturated heterocycles.